The average Bonchev–Trinajstić information content (AvgIpc) is 3.26. The van der Waals surface area contributed by atoms with E-state index < -0.39 is 36.7 Å². The summed E-state index contributed by atoms with van der Waals surface area (Å²) in [5.41, 5.74) is 0.713. The largest absolute Gasteiger partial charge is 0.383 e. The number of rotatable bonds is 8. The Balaban J connectivity index is 1.66. The van der Waals surface area contributed by atoms with Gasteiger partial charge in [0.2, 0.25) is 5.91 Å². The van der Waals surface area contributed by atoms with Crippen LogP contribution in [0.15, 0.2) is 30.5 Å². The van der Waals surface area contributed by atoms with E-state index >= 15 is 0 Å². The number of methoxy groups -OCH3 is 1. The van der Waals surface area contributed by atoms with Crippen LogP contribution >= 0.6 is 11.6 Å². The fourth-order valence-corrected chi connectivity index (χ4v) is 3.55. The molecule has 2 amide bonds. The van der Waals surface area contributed by atoms with Crippen molar-refractivity contribution in [2.45, 2.75) is 31.4 Å². The lowest BCUT2D eigenvalue weighted by Crippen LogP contribution is -2.39. The van der Waals surface area contributed by atoms with E-state index in [1.54, 1.807) is 24.3 Å². The first kappa shape index (κ1) is 22.1. The average molecular weight is 442 g/mol. The third-order valence-corrected chi connectivity index (χ3v) is 4.94. The number of carbonyl (C=O) groups is 2. The number of nitrogens with one attached hydrogen (secondary N) is 1. The van der Waals surface area contributed by atoms with Crippen molar-refractivity contribution in [2.24, 2.45) is 0 Å². The predicted octanol–water partition coefficient (Wildman–Crippen LogP) is 1.79. The zero-order valence-electron chi connectivity index (χ0n) is 16.4. The Labute approximate surface area is 177 Å². The minimum absolute atomic E-state index is 0.00915. The fourth-order valence-electron chi connectivity index (χ4n) is 3.34. The van der Waals surface area contributed by atoms with Crippen LogP contribution in [0.4, 0.5) is 8.78 Å². The highest BCUT2D eigenvalue weighted by Crippen LogP contribution is 2.33. The lowest BCUT2D eigenvalue weighted by atomic mass is 10.1. The van der Waals surface area contributed by atoms with Crippen LogP contribution in [-0.4, -0.2) is 70.5 Å². The minimum Gasteiger partial charge on any atom is -0.383 e. The summed E-state index contributed by atoms with van der Waals surface area (Å²) in [6.45, 7) is 0.00883. The molecule has 0 spiro atoms. The molecule has 30 heavy (non-hydrogen) atoms. The molecule has 0 unspecified atom stereocenters. The Hall–Kier alpha value is -2.59. The molecule has 1 atom stereocenters. The predicted molar refractivity (Wildman–Crippen MR) is 104 cm³/mol. The van der Waals surface area contributed by atoms with Crippen molar-refractivity contribution >= 4 is 23.4 Å². The van der Waals surface area contributed by atoms with Gasteiger partial charge in [0.15, 0.2) is 5.69 Å². The maximum Gasteiger partial charge on any atom is 0.273 e. The number of aromatic nitrogens is 3. The second-order valence-corrected chi connectivity index (χ2v) is 7.55. The number of ether oxygens (including phenoxy) is 1. The lowest BCUT2D eigenvalue weighted by Gasteiger charge is -2.23. The van der Waals surface area contributed by atoms with E-state index in [9.17, 15) is 18.4 Å². The van der Waals surface area contributed by atoms with Crippen LogP contribution in [0.3, 0.4) is 0 Å². The summed E-state index contributed by atoms with van der Waals surface area (Å²) in [4.78, 5) is 25.9. The summed E-state index contributed by atoms with van der Waals surface area (Å²) in [5, 5.41) is 10.7. The molecular weight excluding hydrogens is 420 g/mol. The molecule has 3 rings (SSSR count). The second kappa shape index (κ2) is 9.48. The van der Waals surface area contributed by atoms with E-state index in [1.165, 1.54) is 22.9 Å². The number of halogens is 3. The number of hydrogen-bond donors (Lipinski definition) is 1. The number of hydrogen-bond acceptors (Lipinski definition) is 5. The smallest absolute Gasteiger partial charge is 0.273 e. The van der Waals surface area contributed by atoms with Crippen LogP contribution in [-0.2, 0) is 22.5 Å². The number of alkyl halides is 2. The molecule has 1 aromatic carbocycles. The molecule has 1 aromatic heterocycles. The number of carbonyl (C=O) groups excluding carboxylic acids is 2. The van der Waals surface area contributed by atoms with Crippen LogP contribution in [0.25, 0.3) is 0 Å². The number of benzene rings is 1. The van der Waals surface area contributed by atoms with Crippen LogP contribution in [0.1, 0.15) is 22.5 Å². The van der Waals surface area contributed by atoms with Gasteiger partial charge in [0.1, 0.15) is 0 Å². The zero-order valence-corrected chi connectivity index (χ0v) is 17.1. The van der Waals surface area contributed by atoms with Gasteiger partial charge in [-0.15, -0.1) is 5.10 Å². The molecule has 1 N–H and O–H groups in total. The molecule has 162 valence electrons. The maximum atomic E-state index is 14.1. The molecule has 11 heteroatoms. The SMILES string of the molecule is COCCNC(=O)c1cn(C[C@@H]2CC(F)(F)CN2C(=O)Cc2cccc(Cl)c2)nn1. The molecule has 0 aliphatic carbocycles. The highest BCUT2D eigenvalue weighted by molar-refractivity contribution is 6.30. The molecule has 2 heterocycles. The quantitative estimate of drug-likeness (QED) is 0.631. The summed E-state index contributed by atoms with van der Waals surface area (Å²) < 4.78 is 34.3. The van der Waals surface area contributed by atoms with Gasteiger partial charge in [-0.1, -0.05) is 28.9 Å². The summed E-state index contributed by atoms with van der Waals surface area (Å²) in [7, 11) is 1.51. The van der Waals surface area contributed by atoms with Crippen LogP contribution in [0.2, 0.25) is 5.02 Å². The second-order valence-electron chi connectivity index (χ2n) is 7.12. The summed E-state index contributed by atoms with van der Waals surface area (Å²) in [6.07, 6.45) is 0.861. The molecule has 0 bridgehead atoms. The Kier molecular flexibility index (Phi) is 6.99. The molecule has 2 aromatic rings. The van der Waals surface area contributed by atoms with E-state index in [2.05, 4.69) is 15.6 Å². The monoisotopic (exact) mass is 441 g/mol. The topological polar surface area (TPSA) is 89.4 Å². The van der Waals surface area contributed by atoms with E-state index in [-0.39, 0.29) is 18.7 Å². The third-order valence-electron chi connectivity index (χ3n) is 4.70. The van der Waals surface area contributed by atoms with Gasteiger partial charge in [-0.3, -0.25) is 9.59 Å². The maximum absolute atomic E-state index is 14.1. The fraction of sp³-hybridized carbons (Fsp3) is 0.474. The van der Waals surface area contributed by atoms with Gasteiger partial charge in [-0.25, -0.2) is 13.5 Å². The zero-order chi connectivity index (χ0) is 21.7. The number of nitrogens with zero attached hydrogens (tertiary/aromatic N) is 4. The van der Waals surface area contributed by atoms with Gasteiger partial charge in [0.25, 0.3) is 11.8 Å². The molecule has 1 aliphatic rings. The van der Waals surface area contributed by atoms with Crippen molar-refractivity contribution in [3.05, 3.63) is 46.7 Å². The van der Waals surface area contributed by atoms with Crippen molar-refractivity contribution in [1.29, 1.82) is 0 Å². The first-order valence-corrected chi connectivity index (χ1v) is 9.74. The van der Waals surface area contributed by atoms with Crippen molar-refractivity contribution in [3.8, 4) is 0 Å². The van der Waals surface area contributed by atoms with E-state index in [0.29, 0.717) is 23.7 Å². The minimum atomic E-state index is -2.99. The third kappa shape index (κ3) is 5.73. The highest BCUT2D eigenvalue weighted by Gasteiger charge is 2.47. The van der Waals surface area contributed by atoms with Crippen molar-refractivity contribution in [3.63, 3.8) is 0 Å². The van der Waals surface area contributed by atoms with Crippen molar-refractivity contribution in [1.82, 2.24) is 25.2 Å². The summed E-state index contributed by atoms with van der Waals surface area (Å²) in [6, 6.07) is 5.97. The summed E-state index contributed by atoms with van der Waals surface area (Å²) >= 11 is 5.93. The van der Waals surface area contributed by atoms with Crippen LogP contribution in [0, 0.1) is 0 Å². The first-order chi connectivity index (χ1) is 14.3. The molecule has 8 nitrogen and oxygen atoms in total. The molecule has 1 saturated heterocycles. The molecule has 1 aliphatic heterocycles. The molecule has 0 radical (unpaired) electrons. The number of amides is 2. The van der Waals surface area contributed by atoms with Gasteiger partial charge >= 0.3 is 0 Å². The van der Waals surface area contributed by atoms with Gasteiger partial charge in [0.05, 0.1) is 38.4 Å². The van der Waals surface area contributed by atoms with Crippen LogP contribution in [0.5, 0.6) is 0 Å². The Morgan fingerprint density at radius 2 is 2.20 bits per heavy atom. The van der Waals surface area contributed by atoms with Gasteiger partial charge in [-0.05, 0) is 17.7 Å². The highest BCUT2D eigenvalue weighted by atomic mass is 35.5. The normalized spacial score (nSPS) is 17.9. The van der Waals surface area contributed by atoms with E-state index in [1.807, 2.05) is 0 Å². The standard InChI is InChI=1S/C19H22ClF2N5O3/c1-30-6-5-23-18(29)16-11-26(25-24-16)10-15-9-19(21,22)12-27(15)17(28)8-13-3-2-4-14(20)7-13/h2-4,7,11,15H,5-6,8-10,12H2,1H3,(H,23,29)/t15-/m0/s1. The van der Waals surface area contributed by atoms with Crippen molar-refractivity contribution < 1.29 is 23.1 Å². The van der Waals surface area contributed by atoms with Crippen molar-refractivity contribution in [2.75, 3.05) is 26.8 Å². The first-order valence-electron chi connectivity index (χ1n) is 9.36. The van der Waals surface area contributed by atoms with Gasteiger partial charge < -0.3 is 15.0 Å². The Morgan fingerprint density at radius 3 is 2.93 bits per heavy atom. The van der Waals surface area contributed by atoms with E-state index in [0.717, 1.165) is 0 Å². The van der Waals surface area contributed by atoms with Gasteiger partial charge in [0, 0.05) is 25.1 Å². The lowest BCUT2D eigenvalue weighted by molar-refractivity contribution is -0.132. The van der Waals surface area contributed by atoms with E-state index in [4.69, 9.17) is 16.3 Å². The summed E-state index contributed by atoms with van der Waals surface area (Å²) in [5.74, 6) is -3.85. The van der Waals surface area contributed by atoms with Crippen LogP contribution < -0.4 is 5.32 Å². The Morgan fingerprint density at radius 1 is 1.40 bits per heavy atom. The number of likely N-dealkylation sites (tertiary alicyclic amines) is 1. The molecular formula is C19H22ClF2N5O3. The Bertz CT molecular complexity index is 908. The molecule has 0 saturated carbocycles. The molecule has 1 fully saturated rings. The van der Waals surface area contributed by atoms with Gasteiger partial charge in [-0.2, -0.15) is 0 Å².